The van der Waals surface area contributed by atoms with Gasteiger partial charge in [-0.15, -0.1) is 0 Å². The van der Waals surface area contributed by atoms with E-state index in [2.05, 4.69) is 58.7 Å². The first-order chi connectivity index (χ1) is 27.5. The monoisotopic (exact) mass is 824 g/mol. The van der Waals surface area contributed by atoms with E-state index in [0.717, 1.165) is 25.7 Å². The molecule has 8 N–H and O–H groups in total. The number of hydrogen-bond donors (Lipinski definition) is 7. The van der Waals surface area contributed by atoms with Crippen molar-refractivity contribution in [1.82, 2.24) is 31.9 Å². The predicted molar refractivity (Wildman–Crippen MR) is 214 cm³/mol. The van der Waals surface area contributed by atoms with Crippen LogP contribution >= 0.6 is 0 Å². The molecule has 0 aromatic heterocycles. The number of nitrogens with two attached hydrogens (primary N) is 1. The topological polar surface area (TPSA) is 253 Å². The van der Waals surface area contributed by atoms with Gasteiger partial charge in [0.2, 0.25) is 23.6 Å². The van der Waals surface area contributed by atoms with E-state index >= 15 is 0 Å². The zero-order valence-electron chi connectivity index (χ0n) is 35.7. The molecule has 6 amide bonds. The van der Waals surface area contributed by atoms with Crippen molar-refractivity contribution in [2.75, 3.05) is 53.0 Å². The molecule has 0 radical (unpaired) electrons. The minimum Gasteiger partial charge on any atom is -0.447 e. The average Bonchev–Trinajstić information content (AvgIpc) is 4.10. The molecule has 0 aromatic carbocycles. The summed E-state index contributed by atoms with van der Waals surface area (Å²) in [6.45, 7) is 14.2. The van der Waals surface area contributed by atoms with E-state index in [1.165, 1.54) is 5.57 Å². The summed E-state index contributed by atoms with van der Waals surface area (Å²) in [7, 11) is 1.63. The van der Waals surface area contributed by atoms with E-state index in [4.69, 9.17) is 29.4 Å². The zero-order chi connectivity index (χ0) is 43.0. The quantitative estimate of drug-likeness (QED) is 0.0416. The number of methoxy groups -OCH3 is 1. The Morgan fingerprint density at radius 3 is 2.09 bits per heavy atom. The molecule has 1 aliphatic carbocycles. The van der Waals surface area contributed by atoms with Gasteiger partial charge in [0.05, 0.1) is 44.3 Å². The first kappa shape index (κ1) is 48.4. The Labute approximate surface area is 342 Å². The lowest BCUT2D eigenvalue weighted by atomic mass is 9.68. The van der Waals surface area contributed by atoms with Crippen LogP contribution in [0.2, 0.25) is 0 Å². The fourth-order valence-electron chi connectivity index (χ4n) is 7.38. The molecule has 18 heteroatoms. The number of alkyl carbamates (subject to hydrolysis) is 2. The SMILES string of the molecule is COC1C(OC(=O)N[C@@H](COC(=O)NCCCCCCNC(=O)CNC(=O)[C@@H](NC(=O)CNC(=O)CN)C(C)C)C(C)C)CC[C@]2(CO2)C1C1(C)O[C@@H]1CC=C(C)C. The number of unbranched alkanes of at least 4 members (excludes halogenated alkanes) is 3. The number of epoxide rings is 2. The maximum absolute atomic E-state index is 13.2. The van der Waals surface area contributed by atoms with Crippen LogP contribution in [0, 0.1) is 17.8 Å². The predicted octanol–water partition coefficient (Wildman–Crippen LogP) is 1.55. The standard InChI is InChI=1S/C40H69N7O11/c1-24(2)13-14-29-39(7,58-29)35-34(54-8)28(15-16-40(35)23-56-40)57-38(53)46-27(25(3)4)22-55-37(52)43-18-12-10-9-11-17-42-31(49)20-45-36(51)33(26(5)6)47-32(50)21-44-30(48)19-41/h13,25-29,33-35H,9-12,14-23,41H2,1-8H3,(H,42,49)(H,43,52)(H,44,48)(H,45,51)(H,46,53)(H,47,50)/t27-,28?,29+,33-,34?,35?,39?,40-/m0/s1. The number of ether oxygens (including phenoxy) is 5. The van der Waals surface area contributed by atoms with Crippen molar-refractivity contribution >= 4 is 35.8 Å². The fraction of sp³-hybridized carbons (Fsp3) is 0.800. The van der Waals surface area contributed by atoms with Crippen molar-refractivity contribution in [3.8, 4) is 0 Å². The number of rotatable bonds is 24. The molecule has 3 rings (SSSR count). The van der Waals surface area contributed by atoms with Gasteiger partial charge in [0, 0.05) is 20.2 Å². The molecule has 0 aromatic rings. The Bertz CT molecular complexity index is 1440. The summed E-state index contributed by atoms with van der Waals surface area (Å²) in [5.74, 6) is -2.31. The van der Waals surface area contributed by atoms with Gasteiger partial charge in [0.15, 0.2) is 0 Å². The van der Waals surface area contributed by atoms with E-state index in [9.17, 15) is 28.8 Å². The largest absolute Gasteiger partial charge is 0.447 e. The number of amides is 6. The van der Waals surface area contributed by atoms with Crippen LogP contribution in [0.3, 0.4) is 0 Å². The minimum absolute atomic E-state index is 0.0314. The van der Waals surface area contributed by atoms with E-state index in [1.54, 1.807) is 21.0 Å². The first-order valence-corrected chi connectivity index (χ1v) is 20.6. The molecule has 3 aliphatic rings. The third-order valence-corrected chi connectivity index (χ3v) is 11.0. The third-order valence-electron chi connectivity index (χ3n) is 11.0. The molecular formula is C40H69N7O11. The van der Waals surface area contributed by atoms with Gasteiger partial charge < -0.3 is 61.3 Å². The second kappa shape index (κ2) is 23.0. The van der Waals surface area contributed by atoms with Crippen LogP contribution in [0.4, 0.5) is 9.59 Å². The van der Waals surface area contributed by atoms with Crippen LogP contribution in [0.1, 0.15) is 93.4 Å². The molecule has 330 valence electrons. The lowest BCUT2D eigenvalue weighted by molar-refractivity contribution is -0.131. The normalized spacial score (nSPS) is 25.5. The van der Waals surface area contributed by atoms with Gasteiger partial charge in [-0.05, 0) is 64.7 Å². The van der Waals surface area contributed by atoms with Gasteiger partial charge in [-0.25, -0.2) is 9.59 Å². The summed E-state index contributed by atoms with van der Waals surface area (Å²) >= 11 is 0. The fourth-order valence-corrected chi connectivity index (χ4v) is 7.38. The van der Waals surface area contributed by atoms with Gasteiger partial charge in [-0.2, -0.15) is 0 Å². The van der Waals surface area contributed by atoms with Crippen LogP contribution in [-0.4, -0.2) is 130 Å². The summed E-state index contributed by atoms with van der Waals surface area (Å²) in [4.78, 5) is 73.8. The van der Waals surface area contributed by atoms with Gasteiger partial charge in [0.1, 0.15) is 36.1 Å². The summed E-state index contributed by atoms with van der Waals surface area (Å²) in [5, 5.41) is 15.8. The van der Waals surface area contributed by atoms with Gasteiger partial charge >= 0.3 is 12.2 Å². The summed E-state index contributed by atoms with van der Waals surface area (Å²) < 4.78 is 29.7. The molecule has 2 aliphatic heterocycles. The van der Waals surface area contributed by atoms with Gasteiger partial charge in [-0.1, -0.05) is 52.2 Å². The first-order valence-electron chi connectivity index (χ1n) is 20.6. The Hall–Kier alpha value is -4.00. The van der Waals surface area contributed by atoms with Crippen molar-refractivity contribution in [3.05, 3.63) is 11.6 Å². The van der Waals surface area contributed by atoms with Crippen molar-refractivity contribution in [3.63, 3.8) is 0 Å². The number of allylic oxidation sites excluding steroid dienone is 1. The number of nitrogens with one attached hydrogen (secondary N) is 6. The van der Waals surface area contributed by atoms with Crippen LogP contribution in [0.5, 0.6) is 0 Å². The minimum atomic E-state index is -0.882. The molecule has 1 saturated carbocycles. The van der Waals surface area contributed by atoms with Crippen molar-refractivity contribution in [2.45, 2.75) is 135 Å². The maximum Gasteiger partial charge on any atom is 0.407 e. The van der Waals surface area contributed by atoms with Gasteiger partial charge in [-0.3, -0.25) is 19.2 Å². The molecule has 4 unspecified atom stereocenters. The lowest BCUT2D eigenvalue weighted by Gasteiger charge is -2.42. The highest BCUT2D eigenvalue weighted by Gasteiger charge is 2.72. The summed E-state index contributed by atoms with van der Waals surface area (Å²) in [6.07, 6.45) is 5.28. The molecule has 18 nitrogen and oxygen atoms in total. The molecule has 2 saturated heterocycles. The second-order valence-electron chi connectivity index (χ2n) is 16.6. The number of carbonyl (C=O) groups is 6. The Kier molecular flexibility index (Phi) is 19.2. The highest BCUT2D eigenvalue weighted by Crippen LogP contribution is 2.59. The zero-order valence-corrected chi connectivity index (χ0v) is 35.7. The molecule has 2 heterocycles. The Morgan fingerprint density at radius 1 is 0.845 bits per heavy atom. The highest BCUT2D eigenvalue weighted by molar-refractivity contribution is 5.92. The third kappa shape index (κ3) is 15.0. The molecular weight excluding hydrogens is 754 g/mol. The van der Waals surface area contributed by atoms with Crippen molar-refractivity contribution < 1.29 is 52.5 Å². The average molecular weight is 824 g/mol. The van der Waals surface area contributed by atoms with E-state index in [1.807, 2.05) is 13.8 Å². The summed E-state index contributed by atoms with van der Waals surface area (Å²) in [6, 6.07) is -1.36. The molecule has 0 bridgehead atoms. The van der Waals surface area contributed by atoms with Crippen molar-refractivity contribution in [2.24, 2.45) is 23.5 Å². The Balaban J connectivity index is 1.29. The molecule has 3 fully saturated rings. The maximum atomic E-state index is 13.2. The lowest BCUT2D eigenvalue weighted by Crippen LogP contribution is -2.56. The Morgan fingerprint density at radius 2 is 1.50 bits per heavy atom. The smallest absolute Gasteiger partial charge is 0.407 e. The van der Waals surface area contributed by atoms with E-state index in [0.29, 0.717) is 39.0 Å². The van der Waals surface area contributed by atoms with Crippen LogP contribution in [-0.2, 0) is 42.9 Å². The van der Waals surface area contributed by atoms with Crippen LogP contribution < -0.4 is 37.6 Å². The second-order valence-corrected chi connectivity index (χ2v) is 16.6. The van der Waals surface area contributed by atoms with E-state index < -0.39 is 59.8 Å². The number of hydrogen-bond acceptors (Lipinski definition) is 12. The molecule has 8 atom stereocenters. The molecule has 1 spiro atoms. The highest BCUT2D eigenvalue weighted by atomic mass is 16.6. The van der Waals surface area contributed by atoms with Gasteiger partial charge in [0.25, 0.3) is 0 Å². The van der Waals surface area contributed by atoms with Crippen molar-refractivity contribution in [1.29, 1.82) is 0 Å². The van der Waals surface area contributed by atoms with Crippen LogP contribution in [0.15, 0.2) is 11.6 Å². The van der Waals surface area contributed by atoms with E-state index in [-0.39, 0.29) is 61.6 Å². The number of carbonyl (C=O) groups excluding carboxylic acids is 6. The van der Waals surface area contributed by atoms with Crippen LogP contribution in [0.25, 0.3) is 0 Å². The summed E-state index contributed by atoms with van der Waals surface area (Å²) in [5.41, 5.74) is 5.66. The molecule has 58 heavy (non-hydrogen) atoms.